The molecular weight excluding hydrogens is 192 g/mol. The van der Waals surface area contributed by atoms with Gasteiger partial charge in [-0.25, -0.2) is 8.78 Å². The van der Waals surface area contributed by atoms with Crippen molar-refractivity contribution >= 4 is 0 Å². The Bertz CT molecular complexity index is 148. The van der Waals surface area contributed by atoms with Crippen LogP contribution in [0.15, 0.2) is 0 Å². The molecule has 0 bridgehead atoms. The zero-order valence-electron chi connectivity index (χ0n) is 8.89. The normalized spacial score (nSPS) is 14.8. The molecule has 1 atom stereocenters. The van der Waals surface area contributed by atoms with Gasteiger partial charge in [-0.05, 0) is 20.8 Å². The molecule has 0 amide bonds. The van der Waals surface area contributed by atoms with Crippen molar-refractivity contribution in [2.45, 2.75) is 38.8 Å². The fraction of sp³-hybridized carbons (Fsp3) is 1.00. The van der Waals surface area contributed by atoms with E-state index in [0.29, 0.717) is 6.54 Å². The van der Waals surface area contributed by atoms with E-state index in [-0.39, 0.29) is 12.1 Å². The van der Waals surface area contributed by atoms with E-state index in [9.17, 15) is 13.9 Å². The van der Waals surface area contributed by atoms with E-state index in [2.05, 4.69) is 10.1 Å². The minimum Gasteiger partial charge on any atom is -0.389 e. The Morgan fingerprint density at radius 2 is 1.86 bits per heavy atom. The summed E-state index contributed by atoms with van der Waals surface area (Å²) in [6.07, 6.45) is -3.22. The van der Waals surface area contributed by atoms with Gasteiger partial charge in [0.15, 0.2) is 0 Å². The second kappa shape index (κ2) is 6.27. The summed E-state index contributed by atoms with van der Waals surface area (Å²) in [5.74, 6) is 0. The van der Waals surface area contributed by atoms with Crippen LogP contribution in [0.4, 0.5) is 8.78 Å². The fourth-order valence-corrected chi connectivity index (χ4v) is 0.776. The van der Waals surface area contributed by atoms with Crippen LogP contribution in [0.1, 0.15) is 20.8 Å². The quantitative estimate of drug-likeness (QED) is 0.689. The lowest BCUT2D eigenvalue weighted by Crippen LogP contribution is -2.42. The van der Waals surface area contributed by atoms with Crippen LogP contribution in [0.25, 0.3) is 0 Å². The van der Waals surface area contributed by atoms with Gasteiger partial charge >= 0.3 is 0 Å². The first-order valence-electron chi connectivity index (χ1n) is 4.60. The minimum absolute atomic E-state index is 0.0621. The maximum absolute atomic E-state index is 11.6. The van der Waals surface area contributed by atoms with E-state index >= 15 is 0 Å². The molecule has 0 fully saturated rings. The second-order valence-electron chi connectivity index (χ2n) is 4.21. The molecule has 5 heteroatoms. The first kappa shape index (κ1) is 13.7. The maximum atomic E-state index is 11.6. The van der Waals surface area contributed by atoms with Gasteiger partial charge in [0, 0.05) is 12.1 Å². The van der Waals surface area contributed by atoms with Gasteiger partial charge in [-0.3, -0.25) is 0 Å². The molecule has 0 aliphatic carbocycles. The number of aliphatic hydroxyl groups excluding tert-OH is 1. The molecular formula is C9H19F2NO2. The molecule has 0 aliphatic rings. The van der Waals surface area contributed by atoms with Crippen molar-refractivity contribution in [1.29, 1.82) is 0 Å². The summed E-state index contributed by atoms with van der Waals surface area (Å²) in [4.78, 5) is 0. The van der Waals surface area contributed by atoms with E-state index in [1.54, 1.807) is 0 Å². The summed E-state index contributed by atoms with van der Waals surface area (Å²) in [5.41, 5.74) is -0.0936. The Hall–Kier alpha value is -0.260. The molecule has 0 aromatic heterocycles. The third kappa shape index (κ3) is 9.83. The molecule has 0 aliphatic heterocycles. The van der Waals surface area contributed by atoms with Crippen molar-refractivity contribution in [3.05, 3.63) is 0 Å². The third-order valence-corrected chi connectivity index (χ3v) is 1.42. The highest BCUT2D eigenvalue weighted by Crippen LogP contribution is 1.99. The number of ether oxygens (including phenoxy) is 1. The lowest BCUT2D eigenvalue weighted by molar-refractivity contribution is -0.0203. The molecule has 2 N–H and O–H groups in total. The van der Waals surface area contributed by atoms with Crippen molar-refractivity contribution in [3.63, 3.8) is 0 Å². The molecule has 0 rings (SSSR count). The predicted molar refractivity (Wildman–Crippen MR) is 50.6 cm³/mol. The number of rotatable bonds is 6. The maximum Gasteiger partial charge on any atom is 0.261 e. The lowest BCUT2D eigenvalue weighted by atomic mass is 10.1. The summed E-state index contributed by atoms with van der Waals surface area (Å²) in [5, 5.41) is 12.3. The highest BCUT2D eigenvalue weighted by molar-refractivity contribution is 4.72. The zero-order chi connectivity index (χ0) is 11.2. The first-order chi connectivity index (χ1) is 6.31. The molecule has 0 heterocycles. The Balaban J connectivity index is 3.42. The van der Waals surface area contributed by atoms with Crippen LogP contribution < -0.4 is 5.32 Å². The summed E-state index contributed by atoms with van der Waals surface area (Å²) >= 11 is 0. The molecule has 0 spiro atoms. The van der Waals surface area contributed by atoms with Gasteiger partial charge in [0.1, 0.15) is 6.61 Å². The summed E-state index contributed by atoms with van der Waals surface area (Å²) in [7, 11) is 0. The zero-order valence-corrected chi connectivity index (χ0v) is 8.89. The smallest absolute Gasteiger partial charge is 0.261 e. The summed E-state index contributed by atoms with van der Waals surface area (Å²) in [6.45, 7) is 5.53. The van der Waals surface area contributed by atoms with Crippen LogP contribution in [0.5, 0.6) is 0 Å². The van der Waals surface area contributed by atoms with Crippen LogP contribution in [0, 0.1) is 0 Å². The van der Waals surface area contributed by atoms with Crippen molar-refractivity contribution in [2.24, 2.45) is 0 Å². The number of hydrogen-bond acceptors (Lipinski definition) is 3. The van der Waals surface area contributed by atoms with Crippen LogP contribution in [0.2, 0.25) is 0 Å². The van der Waals surface area contributed by atoms with Crippen molar-refractivity contribution < 1.29 is 18.6 Å². The average molecular weight is 211 g/mol. The number of β-amino-alcohol motifs (C(OH)–C–C–N with tert-alkyl or cyclic N) is 1. The monoisotopic (exact) mass is 211 g/mol. The van der Waals surface area contributed by atoms with Gasteiger partial charge in [-0.2, -0.15) is 0 Å². The summed E-state index contributed by atoms with van der Waals surface area (Å²) in [6, 6.07) is 0. The Morgan fingerprint density at radius 1 is 1.29 bits per heavy atom. The van der Waals surface area contributed by atoms with E-state index in [0.717, 1.165) is 0 Å². The molecule has 0 saturated carbocycles. The van der Waals surface area contributed by atoms with Gasteiger partial charge in [0.2, 0.25) is 0 Å². The molecule has 14 heavy (non-hydrogen) atoms. The van der Waals surface area contributed by atoms with Crippen LogP contribution in [-0.4, -0.2) is 42.9 Å². The minimum atomic E-state index is -2.47. The molecule has 0 radical (unpaired) electrons. The molecule has 0 aromatic carbocycles. The number of halogens is 2. The van der Waals surface area contributed by atoms with Crippen molar-refractivity contribution in [1.82, 2.24) is 5.32 Å². The van der Waals surface area contributed by atoms with E-state index in [1.165, 1.54) is 0 Å². The Morgan fingerprint density at radius 3 is 2.29 bits per heavy atom. The van der Waals surface area contributed by atoms with Crippen LogP contribution in [-0.2, 0) is 4.74 Å². The standard InChI is InChI=1S/C9H19F2NO2/c1-9(2,3)12-4-7(13)5-14-6-8(10)11/h7-8,12-13H,4-6H2,1-3H3. The molecule has 0 aromatic rings. The molecule has 0 saturated heterocycles. The lowest BCUT2D eigenvalue weighted by Gasteiger charge is -2.22. The predicted octanol–water partition coefficient (Wildman–Crippen LogP) is 1.02. The third-order valence-electron chi connectivity index (χ3n) is 1.42. The topological polar surface area (TPSA) is 41.5 Å². The molecule has 3 nitrogen and oxygen atoms in total. The van der Waals surface area contributed by atoms with E-state index in [1.807, 2.05) is 20.8 Å². The first-order valence-corrected chi connectivity index (χ1v) is 4.60. The fourth-order valence-electron chi connectivity index (χ4n) is 0.776. The van der Waals surface area contributed by atoms with Crippen LogP contribution >= 0.6 is 0 Å². The van der Waals surface area contributed by atoms with Gasteiger partial charge in [-0.15, -0.1) is 0 Å². The van der Waals surface area contributed by atoms with E-state index < -0.39 is 19.1 Å². The number of nitrogens with one attached hydrogen (secondary N) is 1. The van der Waals surface area contributed by atoms with Gasteiger partial charge in [0.05, 0.1) is 12.7 Å². The second-order valence-corrected chi connectivity index (χ2v) is 4.21. The number of alkyl halides is 2. The van der Waals surface area contributed by atoms with Gasteiger partial charge < -0.3 is 15.2 Å². The SMILES string of the molecule is CC(C)(C)NCC(O)COCC(F)F. The Kier molecular flexibility index (Phi) is 6.15. The van der Waals surface area contributed by atoms with Gasteiger partial charge in [0.25, 0.3) is 6.43 Å². The highest BCUT2D eigenvalue weighted by atomic mass is 19.3. The Labute approximate surface area is 83.4 Å². The van der Waals surface area contributed by atoms with Gasteiger partial charge in [-0.1, -0.05) is 0 Å². The molecule has 1 unspecified atom stereocenters. The van der Waals surface area contributed by atoms with Crippen molar-refractivity contribution in [2.75, 3.05) is 19.8 Å². The summed E-state index contributed by atoms with van der Waals surface area (Å²) < 4.78 is 27.9. The van der Waals surface area contributed by atoms with E-state index in [4.69, 9.17) is 0 Å². The molecule has 86 valence electrons. The number of aliphatic hydroxyl groups is 1. The highest BCUT2D eigenvalue weighted by Gasteiger charge is 2.12. The number of hydrogen-bond donors (Lipinski definition) is 2. The largest absolute Gasteiger partial charge is 0.389 e. The van der Waals surface area contributed by atoms with Crippen molar-refractivity contribution in [3.8, 4) is 0 Å². The average Bonchev–Trinajstić information content (AvgIpc) is 1.99. The van der Waals surface area contributed by atoms with Crippen LogP contribution in [0.3, 0.4) is 0 Å².